The van der Waals surface area contributed by atoms with Gasteiger partial charge in [0.15, 0.2) is 17.4 Å². The van der Waals surface area contributed by atoms with Gasteiger partial charge in [0.05, 0.1) is 17.9 Å². The second-order valence-corrected chi connectivity index (χ2v) is 9.69. The molecule has 0 aliphatic carbocycles. The second kappa shape index (κ2) is 15.5. The van der Waals surface area contributed by atoms with E-state index < -0.39 is 40.8 Å². The zero-order valence-corrected chi connectivity index (χ0v) is 22.3. The van der Waals surface area contributed by atoms with E-state index in [1.165, 1.54) is 41.7 Å². The van der Waals surface area contributed by atoms with Crippen LogP contribution in [0.15, 0.2) is 65.8 Å². The highest BCUT2D eigenvalue weighted by Crippen LogP contribution is 2.30. The van der Waals surface area contributed by atoms with Gasteiger partial charge in [0.1, 0.15) is 16.7 Å². The van der Waals surface area contributed by atoms with Crippen molar-refractivity contribution in [3.8, 4) is 24.3 Å². The number of carbonyl (C=O) groups is 2. The number of nitrogens with zero attached hydrogens (tertiary/aromatic N) is 3. The summed E-state index contributed by atoms with van der Waals surface area (Å²) in [5.41, 5.74) is 2.18. The number of nitrogens with one attached hydrogen (secondary N) is 1. The topological polar surface area (TPSA) is 112 Å². The standard InChI is InChI=1S/C24H23ClF2N4O5S.C2H2/c1-30(23(33)12-16-6-8-28-9-7-16)10-11-31(15-22(32)29-34)37(35)19-13-20(26)24(21(27)14-19)36-18-4-2-17(25)3-5-18;1-2/h2-9,13-14,34H,10-12,15H2,1H3,(H,29,32);1-2H. The number of hydrogen-bond donors (Lipinski definition) is 2. The number of terminal acetylenes is 1. The summed E-state index contributed by atoms with van der Waals surface area (Å²) in [7, 11) is -0.700. The summed E-state index contributed by atoms with van der Waals surface area (Å²) in [6.45, 7) is -0.635. The van der Waals surface area contributed by atoms with Crippen molar-refractivity contribution in [1.82, 2.24) is 19.7 Å². The Hall–Kier alpha value is -3.89. The van der Waals surface area contributed by atoms with Gasteiger partial charge in [-0.2, -0.15) is 0 Å². The van der Waals surface area contributed by atoms with Crippen LogP contribution in [0.5, 0.6) is 11.5 Å². The molecule has 1 unspecified atom stereocenters. The summed E-state index contributed by atoms with van der Waals surface area (Å²) < 4.78 is 49.0. The molecule has 9 nitrogen and oxygen atoms in total. The van der Waals surface area contributed by atoms with Crippen molar-refractivity contribution >= 4 is 34.4 Å². The lowest BCUT2D eigenvalue weighted by molar-refractivity contribution is -0.129. The fraction of sp³-hybridized carbons (Fsp3) is 0.192. The van der Waals surface area contributed by atoms with Crippen LogP contribution in [0.2, 0.25) is 5.02 Å². The zero-order chi connectivity index (χ0) is 28.9. The molecule has 3 aromatic rings. The summed E-state index contributed by atoms with van der Waals surface area (Å²) in [4.78, 5) is 29.3. The van der Waals surface area contributed by atoms with Crippen LogP contribution in [0.3, 0.4) is 0 Å². The maximum absolute atomic E-state index is 14.7. The summed E-state index contributed by atoms with van der Waals surface area (Å²) in [6, 6.07) is 10.9. The van der Waals surface area contributed by atoms with Crippen molar-refractivity contribution in [3.63, 3.8) is 0 Å². The number of likely N-dealkylation sites (N-methyl/N-ethyl adjacent to an activating group) is 1. The van der Waals surface area contributed by atoms with Gasteiger partial charge in [-0.05, 0) is 54.1 Å². The molecule has 2 N–H and O–H groups in total. The molecule has 0 aliphatic heterocycles. The van der Waals surface area contributed by atoms with E-state index >= 15 is 0 Å². The minimum absolute atomic E-state index is 0.0388. The monoisotopic (exact) mass is 578 g/mol. The lowest BCUT2D eigenvalue weighted by Gasteiger charge is -2.24. The van der Waals surface area contributed by atoms with Gasteiger partial charge in [-0.25, -0.2) is 22.8 Å². The molecule has 1 atom stereocenters. The first-order valence-corrected chi connectivity index (χ1v) is 12.6. The smallest absolute Gasteiger partial charge is 0.258 e. The third kappa shape index (κ3) is 9.42. The molecular formula is C26H25ClF2N4O5S. The highest BCUT2D eigenvalue weighted by Gasteiger charge is 2.24. The van der Waals surface area contributed by atoms with E-state index in [2.05, 4.69) is 17.8 Å². The molecule has 0 spiro atoms. The van der Waals surface area contributed by atoms with E-state index in [-0.39, 0.29) is 36.1 Å². The van der Waals surface area contributed by atoms with Gasteiger partial charge in [0.2, 0.25) is 5.91 Å². The molecule has 0 fully saturated rings. The number of pyridine rings is 1. The summed E-state index contributed by atoms with van der Waals surface area (Å²) in [5.74, 6) is -3.95. The molecular weight excluding hydrogens is 554 g/mol. The van der Waals surface area contributed by atoms with Crippen molar-refractivity contribution in [2.45, 2.75) is 11.3 Å². The van der Waals surface area contributed by atoms with Crippen molar-refractivity contribution in [2.24, 2.45) is 0 Å². The molecule has 1 aromatic heterocycles. The molecule has 0 radical (unpaired) electrons. The van der Waals surface area contributed by atoms with Crippen molar-refractivity contribution < 1.29 is 32.5 Å². The molecule has 39 heavy (non-hydrogen) atoms. The summed E-state index contributed by atoms with van der Waals surface area (Å²) in [6.07, 6.45) is 11.2. The number of benzene rings is 2. The number of hydroxylamine groups is 1. The molecule has 3 rings (SSSR count). The fourth-order valence-electron chi connectivity index (χ4n) is 3.12. The number of carbonyl (C=O) groups excluding carboxylic acids is 2. The molecule has 0 aliphatic rings. The third-order valence-electron chi connectivity index (χ3n) is 5.10. The zero-order valence-electron chi connectivity index (χ0n) is 20.7. The fourth-order valence-corrected chi connectivity index (χ4v) is 4.43. The predicted molar refractivity (Wildman–Crippen MR) is 141 cm³/mol. The number of hydrogen-bond acceptors (Lipinski definition) is 6. The van der Waals surface area contributed by atoms with Crippen molar-refractivity contribution in [3.05, 3.63) is 83.1 Å². The van der Waals surface area contributed by atoms with Crippen molar-refractivity contribution in [2.75, 3.05) is 26.7 Å². The first-order valence-electron chi connectivity index (χ1n) is 11.2. The first kappa shape index (κ1) is 31.3. The number of halogens is 3. The summed E-state index contributed by atoms with van der Waals surface area (Å²) >= 11 is 5.80. The molecule has 206 valence electrons. The number of amides is 2. The quantitative estimate of drug-likeness (QED) is 0.204. The van der Waals surface area contributed by atoms with Gasteiger partial charge in [-0.3, -0.25) is 19.8 Å². The molecule has 0 bridgehead atoms. The van der Waals surface area contributed by atoms with Crippen LogP contribution in [0.25, 0.3) is 0 Å². The van der Waals surface area contributed by atoms with Crippen molar-refractivity contribution in [1.29, 1.82) is 0 Å². The molecule has 1 heterocycles. The lowest BCUT2D eigenvalue weighted by Crippen LogP contribution is -2.42. The largest absolute Gasteiger partial charge is 0.451 e. The Labute approximate surface area is 231 Å². The maximum atomic E-state index is 14.7. The number of aromatic nitrogens is 1. The van der Waals surface area contributed by atoms with Gasteiger partial charge < -0.3 is 9.64 Å². The van der Waals surface area contributed by atoms with Gasteiger partial charge in [-0.15, -0.1) is 12.8 Å². The van der Waals surface area contributed by atoms with E-state index in [9.17, 15) is 22.6 Å². The van der Waals surface area contributed by atoms with E-state index in [0.29, 0.717) is 5.02 Å². The minimum atomic E-state index is -2.23. The molecule has 13 heteroatoms. The van der Waals surface area contributed by atoms with E-state index in [1.54, 1.807) is 24.5 Å². The Morgan fingerprint density at radius 1 is 1.08 bits per heavy atom. The Kier molecular flexibility index (Phi) is 12.5. The highest BCUT2D eigenvalue weighted by atomic mass is 35.5. The Bertz CT molecular complexity index is 1290. The van der Waals surface area contributed by atoms with Crippen LogP contribution < -0.4 is 10.2 Å². The molecule has 0 saturated heterocycles. The summed E-state index contributed by atoms with van der Waals surface area (Å²) in [5, 5.41) is 9.32. The average molecular weight is 579 g/mol. The minimum Gasteiger partial charge on any atom is -0.451 e. The number of ether oxygens (including phenoxy) is 1. The Morgan fingerprint density at radius 2 is 1.67 bits per heavy atom. The van der Waals surface area contributed by atoms with Crippen LogP contribution >= 0.6 is 11.6 Å². The van der Waals surface area contributed by atoms with Crippen LogP contribution in [0, 0.1) is 24.5 Å². The maximum Gasteiger partial charge on any atom is 0.258 e. The normalized spacial score (nSPS) is 11.2. The molecule has 2 aromatic carbocycles. The Balaban J connectivity index is 0.00000260. The van der Waals surface area contributed by atoms with E-state index in [1.807, 2.05) is 0 Å². The van der Waals surface area contributed by atoms with Gasteiger partial charge in [-0.1, -0.05) is 11.6 Å². The van der Waals surface area contributed by atoms with Gasteiger partial charge in [0, 0.05) is 37.6 Å². The average Bonchev–Trinajstić information content (AvgIpc) is 2.94. The van der Waals surface area contributed by atoms with E-state index in [0.717, 1.165) is 22.0 Å². The second-order valence-electron chi connectivity index (χ2n) is 7.77. The highest BCUT2D eigenvalue weighted by molar-refractivity contribution is 7.82. The van der Waals surface area contributed by atoms with Crippen LogP contribution in [-0.4, -0.2) is 62.1 Å². The van der Waals surface area contributed by atoms with Gasteiger partial charge in [0.25, 0.3) is 5.91 Å². The SMILES string of the molecule is C#C.CN(CCN(CC(=O)NO)S(=O)c1cc(F)c(Oc2ccc(Cl)cc2)c(F)c1)C(=O)Cc1ccncc1. The molecule has 2 amide bonds. The predicted octanol–water partition coefficient (Wildman–Crippen LogP) is 3.59. The van der Waals surface area contributed by atoms with E-state index in [4.69, 9.17) is 21.5 Å². The van der Waals surface area contributed by atoms with Crippen LogP contribution in [0.4, 0.5) is 8.78 Å². The van der Waals surface area contributed by atoms with Crippen LogP contribution in [0.1, 0.15) is 5.56 Å². The lowest BCUT2D eigenvalue weighted by atomic mass is 10.2. The molecule has 0 saturated carbocycles. The van der Waals surface area contributed by atoms with Crippen LogP contribution in [-0.2, 0) is 27.0 Å². The first-order chi connectivity index (χ1) is 18.7. The number of rotatable bonds is 11. The third-order valence-corrected chi connectivity index (χ3v) is 6.77. The Morgan fingerprint density at radius 3 is 2.23 bits per heavy atom. The van der Waals surface area contributed by atoms with Gasteiger partial charge >= 0.3 is 0 Å².